The van der Waals surface area contributed by atoms with Gasteiger partial charge in [-0.3, -0.25) is 0 Å². The molecule has 0 radical (unpaired) electrons. The molecule has 0 fully saturated rings. The number of hydrogen-bond acceptors (Lipinski definition) is 5. The van der Waals surface area contributed by atoms with E-state index in [2.05, 4.69) is 19.4 Å². The van der Waals surface area contributed by atoms with Gasteiger partial charge in [-0.1, -0.05) is 6.07 Å². The number of halogens is 4. The summed E-state index contributed by atoms with van der Waals surface area (Å²) >= 11 is 0. The van der Waals surface area contributed by atoms with E-state index in [1.165, 1.54) is 0 Å². The molecule has 1 aromatic carbocycles. The van der Waals surface area contributed by atoms with Crippen molar-refractivity contribution in [3.63, 3.8) is 0 Å². The first kappa shape index (κ1) is 14.9. The molecule has 21 heavy (non-hydrogen) atoms. The second-order valence-corrected chi connectivity index (χ2v) is 3.81. The topological polar surface area (TPSA) is 65.2 Å². The predicted octanol–water partition coefficient (Wildman–Crippen LogP) is 3.07. The molecule has 0 amide bonds. The van der Waals surface area contributed by atoms with Gasteiger partial charge in [-0.25, -0.2) is 9.18 Å². The molecule has 1 aromatic heterocycles. The molecule has 0 aliphatic rings. The molecule has 0 atom stereocenters. The highest BCUT2D eigenvalue weighted by Gasteiger charge is 2.35. The van der Waals surface area contributed by atoms with Crippen LogP contribution in [-0.2, 0) is 10.9 Å². The van der Waals surface area contributed by atoms with E-state index < -0.39 is 40.8 Å². The molecule has 0 N–H and O–H groups in total. The van der Waals surface area contributed by atoms with Gasteiger partial charge in [0, 0.05) is 0 Å². The molecular weight excluding hydrogens is 296 g/mol. The van der Waals surface area contributed by atoms with Crippen molar-refractivity contribution in [3.8, 4) is 11.5 Å². The van der Waals surface area contributed by atoms with Gasteiger partial charge in [-0.05, 0) is 24.2 Å². The fourth-order valence-electron chi connectivity index (χ4n) is 1.53. The molecule has 0 bridgehead atoms. The molecule has 0 aliphatic heterocycles. The fraction of sp³-hybridized carbons (Fsp3) is 0.250. The number of benzene rings is 1. The van der Waals surface area contributed by atoms with Crippen molar-refractivity contribution in [2.45, 2.75) is 13.1 Å². The lowest BCUT2D eigenvalue weighted by atomic mass is 10.1. The van der Waals surface area contributed by atoms with Gasteiger partial charge in [-0.2, -0.15) is 18.2 Å². The van der Waals surface area contributed by atoms with Gasteiger partial charge < -0.3 is 9.26 Å². The van der Waals surface area contributed by atoms with Crippen LogP contribution in [0.4, 0.5) is 17.6 Å². The summed E-state index contributed by atoms with van der Waals surface area (Å²) in [7, 11) is 0. The molecule has 2 aromatic rings. The van der Waals surface area contributed by atoms with Crippen molar-refractivity contribution in [2.75, 3.05) is 6.61 Å². The lowest BCUT2D eigenvalue weighted by Crippen LogP contribution is -2.09. The Morgan fingerprint density at radius 3 is 2.71 bits per heavy atom. The number of hydrogen-bond donors (Lipinski definition) is 0. The third-order valence-corrected chi connectivity index (χ3v) is 2.42. The van der Waals surface area contributed by atoms with Crippen LogP contribution in [-0.4, -0.2) is 22.7 Å². The van der Waals surface area contributed by atoms with Crippen molar-refractivity contribution in [1.29, 1.82) is 0 Å². The summed E-state index contributed by atoms with van der Waals surface area (Å²) in [4.78, 5) is 14.8. The Kier molecular flexibility index (Phi) is 3.92. The van der Waals surface area contributed by atoms with Crippen LogP contribution in [0.25, 0.3) is 11.5 Å². The number of carbonyl (C=O) groups is 1. The normalized spacial score (nSPS) is 11.5. The van der Waals surface area contributed by atoms with Crippen molar-refractivity contribution in [1.82, 2.24) is 10.1 Å². The van der Waals surface area contributed by atoms with Gasteiger partial charge in [-0.15, -0.1) is 0 Å². The number of ether oxygens (including phenoxy) is 1. The van der Waals surface area contributed by atoms with E-state index in [0.717, 1.165) is 12.1 Å². The second kappa shape index (κ2) is 5.51. The van der Waals surface area contributed by atoms with E-state index in [1.807, 2.05) is 0 Å². The van der Waals surface area contributed by atoms with Crippen LogP contribution in [0.3, 0.4) is 0 Å². The molecular formula is C12H8F4N2O3. The predicted molar refractivity (Wildman–Crippen MR) is 60.7 cm³/mol. The Hall–Kier alpha value is -2.45. The zero-order valence-corrected chi connectivity index (χ0v) is 10.6. The van der Waals surface area contributed by atoms with Crippen molar-refractivity contribution in [3.05, 3.63) is 35.4 Å². The standard InChI is InChI=1S/C12H8F4N2O3/c1-2-20-11(19)9-17-10(21-18-9)6-4-3-5-7(8(6)13)12(14,15)16/h3-5H,2H2,1H3. The maximum absolute atomic E-state index is 13.8. The first-order chi connectivity index (χ1) is 9.84. The Morgan fingerprint density at radius 1 is 1.38 bits per heavy atom. The Balaban J connectivity index is 2.42. The van der Waals surface area contributed by atoms with Gasteiger partial charge >= 0.3 is 12.1 Å². The van der Waals surface area contributed by atoms with Crippen LogP contribution >= 0.6 is 0 Å². The summed E-state index contributed by atoms with van der Waals surface area (Å²) in [6.07, 6.45) is -4.86. The van der Waals surface area contributed by atoms with E-state index in [0.29, 0.717) is 6.07 Å². The number of rotatable bonds is 3. The summed E-state index contributed by atoms with van der Waals surface area (Å²) in [6, 6.07) is 2.62. The third-order valence-electron chi connectivity index (χ3n) is 2.42. The van der Waals surface area contributed by atoms with Crippen LogP contribution in [0.15, 0.2) is 22.7 Å². The van der Waals surface area contributed by atoms with Crippen molar-refractivity contribution >= 4 is 5.97 Å². The van der Waals surface area contributed by atoms with E-state index in [1.54, 1.807) is 6.92 Å². The van der Waals surface area contributed by atoms with Crippen LogP contribution in [0, 0.1) is 5.82 Å². The number of carbonyl (C=O) groups excluding carboxylic acids is 1. The minimum atomic E-state index is -4.86. The number of esters is 1. The highest BCUT2D eigenvalue weighted by Crippen LogP contribution is 2.34. The molecule has 0 saturated heterocycles. The monoisotopic (exact) mass is 304 g/mol. The van der Waals surface area contributed by atoms with Gasteiger partial charge in [0.2, 0.25) is 0 Å². The zero-order chi connectivity index (χ0) is 15.6. The van der Waals surface area contributed by atoms with E-state index in [9.17, 15) is 22.4 Å². The Morgan fingerprint density at radius 2 is 2.10 bits per heavy atom. The minimum Gasteiger partial charge on any atom is -0.460 e. The summed E-state index contributed by atoms with van der Waals surface area (Å²) in [6.45, 7) is 1.60. The highest BCUT2D eigenvalue weighted by atomic mass is 19.4. The molecule has 1 heterocycles. The van der Waals surface area contributed by atoms with E-state index in [4.69, 9.17) is 0 Å². The molecule has 0 saturated carbocycles. The maximum atomic E-state index is 13.8. The molecule has 0 spiro atoms. The Bertz CT molecular complexity index is 667. The summed E-state index contributed by atoms with van der Waals surface area (Å²) in [5, 5.41) is 3.24. The fourth-order valence-corrected chi connectivity index (χ4v) is 1.53. The first-order valence-corrected chi connectivity index (χ1v) is 5.71. The first-order valence-electron chi connectivity index (χ1n) is 5.71. The number of alkyl halides is 3. The quantitative estimate of drug-likeness (QED) is 0.644. The molecule has 0 unspecified atom stereocenters. The van der Waals surface area contributed by atoms with Gasteiger partial charge in [0.1, 0.15) is 5.82 Å². The highest BCUT2D eigenvalue weighted by molar-refractivity contribution is 5.85. The molecule has 0 aliphatic carbocycles. The minimum absolute atomic E-state index is 0.0562. The number of aromatic nitrogens is 2. The summed E-state index contributed by atoms with van der Waals surface area (Å²) < 4.78 is 60.8. The average molecular weight is 304 g/mol. The average Bonchev–Trinajstić information content (AvgIpc) is 2.87. The summed E-state index contributed by atoms with van der Waals surface area (Å²) in [5.74, 6) is -3.51. The molecule has 112 valence electrons. The largest absolute Gasteiger partial charge is 0.460 e. The van der Waals surface area contributed by atoms with Crippen LogP contribution in [0.5, 0.6) is 0 Å². The lowest BCUT2D eigenvalue weighted by Gasteiger charge is -2.08. The molecule has 5 nitrogen and oxygen atoms in total. The smallest absolute Gasteiger partial charge is 0.419 e. The number of nitrogens with zero attached hydrogens (tertiary/aromatic N) is 2. The molecule has 9 heteroatoms. The summed E-state index contributed by atoms with van der Waals surface area (Å²) in [5.41, 5.74) is -2.01. The van der Waals surface area contributed by atoms with E-state index in [-0.39, 0.29) is 6.61 Å². The van der Waals surface area contributed by atoms with Crippen LogP contribution < -0.4 is 0 Å². The maximum Gasteiger partial charge on any atom is 0.419 e. The van der Waals surface area contributed by atoms with Crippen LogP contribution in [0.2, 0.25) is 0 Å². The zero-order valence-electron chi connectivity index (χ0n) is 10.6. The second-order valence-electron chi connectivity index (χ2n) is 3.81. The molecule has 2 rings (SSSR count). The van der Waals surface area contributed by atoms with Crippen LogP contribution in [0.1, 0.15) is 23.1 Å². The van der Waals surface area contributed by atoms with Gasteiger partial charge in [0.25, 0.3) is 11.7 Å². The Labute approximate surface area is 115 Å². The van der Waals surface area contributed by atoms with Crippen molar-refractivity contribution in [2.24, 2.45) is 0 Å². The van der Waals surface area contributed by atoms with Gasteiger partial charge in [0.15, 0.2) is 0 Å². The van der Waals surface area contributed by atoms with Crippen molar-refractivity contribution < 1.29 is 31.6 Å². The van der Waals surface area contributed by atoms with E-state index >= 15 is 0 Å². The third kappa shape index (κ3) is 3.01. The lowest BCUT2D eigenvalue weighted by molar-refractivity contribution is -0.139. The van der Waals surface area contributed by atoms with Gasteiger partial charge in [0.05, 0.1) is 17.7 Å². The SMILES string of the molecule is CCOC(=O)c1noc(-c2cccc(C(F)(F)F)c2F)n1.